The Morgan fingerprint density at radius 2 is 1.75 bits per heavy atom. The van der Waals surface area contributed by atoms with E-state index in [4.69, 9.17) is 14.5 Å². The first-order valence-electron chi connectivity index (χ1n) is 10.8. The molecule has 2 aromatic heterocycles. The van der Waals surface area contributed by atoms with Gasteiger partial charge in [-0.05, 0) is 24.3 Å². The molecule has 0 aliphatic carbocycles. The number of hydrogen-bond donors (Lipinski definition) is 0. The lowest BCUT2D eigenvalue weighted by molar-refractivity contribution is -0.0246. The van der Waals surface area contributed by atoms with Gasteiger partial charge in [-0.1, -0.05) is 18.2 Å². The maximum atomic E-state index is 13.3. The van der Waals surface area contributed by atoms with Crippen molar-refractivity contribution in [3.05, 3.63) is 71.7 Å². The quantitative estimate of drug-likeness (QED) is 0.632. The van der Waals surface area contributed by atoms with Gasteiger partial charge < -0.3 is 19.3 Å². The molecule has 2 saturated heterocycles. The average Bonchev–Trinajstić information content (AvgIpc) is 2.88. The molecule has 2 amide bonds. The fraction of sp³-hybridized carbons (Fsp3) is 0.333. The Labute approximate surface area is 185 Å². The van der Waals surface area contributed by atoms with Gasteiger partial charge >= 0.3 is 0 Å². The number of fused-ring (bicyclic) bond motifs is 1. The Hall–Kier alpha value is -3.36. The van der Waals surface area contributed by atoms with Gasteiger partial charge in [0.1, 0.15) is 6.10 Å². The molecule has 0 spiro atoms. The summed E-state index contributed by atoms with van der Waals surface area (Å²) < 4.78 is 11.4. The fourth-order valence-corrected chi connectivity index (χ4v) is 4.16. The average molecular weight is 432 g/mol. The fourth-order valence-electron chi connectivity index (χ4n) is 4.16. The predicted octanol–water partition coefficient (Wildman–Crippen LogP) is 2.32. The monoisotopic (exact) mass is 432 g/mol. The van der Waals surface area contributed by atoms with Crippen molar-refractivity contribution in [3.63, 3.8) is 0 Å². The van der Waals surface area contributed by atoms with Crippen LogP contribution in [0.15, 0.2) is 54.9 Å². The third-order valence-electron chi connectivity index (χ3n) is 5.86. The van der Waals surface area contributed by atoms with Crippen molar-refractivity contribution in [1.29, 1.82) is 0 Å². The van der Waals surface area contributed by atoms with Crippen molar-refractivity contribution >= 4 is 22.7 Å². The zero-order valence-electron chi connectivity index (χ0n) is 17.6. The molecule has 1 aromatic carbocycles. The lowest BCUT2D eigenvalue weighted by atomic mass is 10.0. The number of morpholine rings is 2. The smallest absolute Gasteiger partial charge is 0.255 e. The molecule has 0 bridgehead atoms. The molecule has 164 valence electrons. The maximum Gasteiger partial charge on any atom is 0.255 e. The second kappa shape index (κ2) is 9.02. The molecule has 8 nitrogen and oxygen atoms in total. The summed E-state index contributed by atoms with van der Waals surface area (Å²) in [5.41, 5.74) is 2.54. The van der Waals surface area contributed by atoms with Crippen LogP contribution in [0.3, 0.4) is 0 Å². The molecule has 2 aliphatic heterocycles. The summed E-state index contributed by atoms with van der Waals surface area (Å²) in [5.74, 6) is -0.121. The van der Waals surface area contributed by atoms with Crippen molar-refractivity contribution in [2.24, 2.45) is 0 Å². The molecular weight excluding hydrogens is 408 g/mol. The number of ether oxygens (including phenoxy) is 2. The number of rotatable bonds is 3. The van der Waals surface area contributed by atoms with Gasteiger partial charge in [-0.2, -0.15) is 0 Å². The lowest BCUT2D eigenvalue weighted by Crippen LogP contribution is -2.43. The van der Waals surface area contributed by atoms with Crippen molar-refractivity contribution < 1.29 is 19.1 Å². The molecule has 0 N–H and O–H groups in total. The van der Waals surface area contributed by atoms with Gasteiger partial charge in [0.2, 0.25) is 0 Å². The molecule has 3 aromatic rings. The van der Waals surface area contributed by atoms with Gasteiger partial charge in [-0.3, -0.25) is 14.6 Å². The molecule has 0 radical (unpaired) electrons. The van der Waals surface area contributed by atoms with Gasteiger partial charge in [0.05, 0.1) is 48.7 Å². The van der Waals surface area contributed by atoms with Crippen LogP contribution in [0.25, 0.3) is 10.9 Å². The maximum absolute atomic E-state index is 13.3. The van der Waals surface area contributed by atoms with Crippen molar-refractivity contribution in [1.82, 2.24) is 19.8 Å². The number of carbonyl (C=O) groups excluding carboxylic acids is 2. The largest absolute Gasteiger partial charge is 0.378 e. The zero-order chi connectivity index (χ0) is 21.9. The molecule has 4 heterocycles. The normalized spacial score (nSPS) is 19.2. The van der Waals surface area contributed by atoms with Crippen molar-refractivity contribution in [2.75, 3.05) is 46.0 Å². The number of aromatic nitrogens is 2. The number of para-hydroxylation sites is 1. The van der Waals surface area contributed by atoms with E-state index in [1.165, 1.54) is 0 Å². The number of amides is 2. The van der Waals surface area contributed by atoms with Gasteiger partial charge in [0.15, 0.2) is 0 Å². The Balaban J connectivity index is 1.46. The number of pyridine rings is 2. The Kier molecular flexibility index (Phi) is 5.79. The summed E-state index contributed by atoms with van der Waals surface area (Å²) in [6, 6.07) is 13.0. The summed E-state index contributed by atoms with van der Waals surface area (Å²) in [6.45, 7) is 3.48. The minimum Gasteiger partial charge on any atom is -0.378 e. The zero-order valence-corrected chi connectivity index (χ0v) is 17.6. The number of benzene rings is 1. The topological polar surface area (TPSA) is 84.9 Å². The van der Waals surface area contributed by atoms with Crippen molar-refractivity contribution in [2.45, 2.75) is 6.10 Å². The Morgan fingerprint density at radius 1 is 0.938 bits per heavy atom. The van der Waals surface area contributed by atoms with Crippen LogP contribution in [0, 0.1) is 0 Å². The van der Waals surface area contributed by atoms with E-state index < -0.39 is 6.10 Å². The third-order valence-corrected chi connectivity index (χ3v) is 5.86. The molecule has 0 saturated carbocycles. The van der Waals surface area contributed by atoms with Gasteiger partial charge in [-0.25, -0.2) is 4.98 Å². The Morgan fingerprint density at radius 3 is 2.56 bits per heavy atom. The highest BCUT2D eigenvalue weighted by Gasteiger charge is 2.29. The SMILES string of the molecule is O=C(c1cccnc1)N1CCO[C@@H](c2cc(C(=O)N3CCOCC3)c3ccccc3n2)C1. The molecule has 1 atom stereocenters. The lowest BCUT2D eigenvalue weighted by Gasteiger charge is -2.33. The summed E-state index contributed by atoms with van der Waals surface area (Å²) in [5, 5.41) is 0.812. The molecular formula is C24H24N4O4. The van der Waals surface area contributed by atoms with Crippen LogP contribution >= 0.6 is 0 Å². The van der Waals surface area contributed by atoms with Gasteiger partial charge in [-0.15, -0.1) is 0 Å². The molecule has 2 aliphatic rings. The third kappa shape index (κ3) is 4.06. The number of nitrogens with zero attached hydrogens (tertiary/aromatic N) is 4. The van der Waals surface area contributed by atoms with Gasteiger partial charge in [0, 0.05) is 37.4 Å². The van der Waals surface area contributed by atoms with E-state index in [0.717, 1.165) is 10.9 Å². The highest BCUT2D eigenvalue weighted by molar-refractivity contribution is 6.06. The standard InChI is InChI=1S/C24H24N4O4/c29-23(17-4-3-7-25-15-17)28-10-13-32-22(16-28)21-14-19(18-5-1-2-6-20(18)26-21)24(30)27-8-11-31-12-9-27/h1-7,14-15,22H,8-13,16H2/t22-/m1/s1. The van der Waals surface area contributed by atoms with E-state index in [9.17, 15) is 9.59 Å². The minimum absolute atomic E-state index is 0.0350. The van der Waals surface area contributed by atoms with E-state index in [0.29, 0.717) is 62.8 Å². The van der Waals surface area contributed by atoms with E-state index in [2.05, 4.69) is 4.98 Å². The molecule has 32 heavy (non-hydrogen) atoms. The first kappa shape index (κ1) is 20.5. The summed E-state index contributed by atoms with van der Waals surface area (Å²) >= 11 is 0. The summed E-state index contributed by atoms with van der Waals surface area (Å²) in [7, 11) is 0. The van der Waals surface area contributed by atoms with E-state index in [1.54, 1.807) is 29.4 Å². The predicted molar refractivity (Wildman–Crippen MR) is 117 cm³/mol. The molecule has 2 fully saturated rings. The highest BCUT2D eigenvalue weighted by atomic mass is 16.5. The number of carbonyl (C=O) groups is 2. The molecule has 8 heteroatoms. The summed E-state index contributed by atoms with van der Waals surface area (Å²) in [4.78, 5) is 38.6. The van der Waals surface area contributed by atoms with E-state index in [-0.39, 0.29) is 11.8 Å². The molecule has 5 rings (SSSR count). The van der Waals surface area contributed by atoms with Gasteiger partial charge in [0.25, 0.3) is 11.8 Å². The first-order chi connectivity index (χ1) is 15.7. The van der Waals surface area contributed by atoms with Crippen LogP contribution in [0.1, 0.15) is 32.5 Å². The van der Waals surface area contributed by atoms with Crippen LogP contribution in [-0.4, -0.2) is 77.6 Å². The van der Waals surface area contributed by atoms with Crippen LogP contribution in [0.4, 0.5) is 0 Å². The van der Waals surface area contributed by atoms with Crippen LogP contribution in [0.2, 0.25) is 0 Å². The first-order valence-corrected chi connectivity index (χ1v) is 10.8. The second-order valence-corrected chi connectivity index (χ2v) is 7.87. The Bertz CT molecular complexity index is 1130. The van der Waals surface area contributed by atoms with E-state index in [1.807, 2.05) is 35.2 Å². The summed E-state index contributed by atoms with van der Waals surface area (Å²) in [6.07, 6.45) is 2.80. The van der Waals surface area contributed by atoms with Crippen molar-refractivity contribution in [3.8, 4) is 0 Å². The number of hydrogen-bond acceptors (Lipinski definition) is 6. The van der Waals surface area contributed by atoms with Crippen LogP contribution in [0.5, 0.6) is 0 Å². The highest BCUT2D eigenvalue weighted by Crippen LogP contribution is 2.27. The second-order valence-electron chi connectivity index (χ2n) is 7.87. The van der Waals surface area contributed by atoms with E-state index >= 15 is 0 Å². The minimum atomic E-state index is -0.412. The van der Waals surface area contributed by atoms with Crippen LogP contribution in [-0.2, 0) is 9.47 Å². The molecule has 0 unspecified atom stereocenters. The van der Waals surface area contributed by atoms with Crippen LogP contribution < -0.4 is 0 Å².